The number of ether oxygens (including phenoxy) is 1. The van der Waals surface area contributed by atoms with Crippen LogP contribution in [0.1, 0.15) is 13.3 Å². The Balaban J connectivity index is 2.22. The summed E-state index contributed by atoms with van der Waals surface area (Å²) in [5, 5.41) is 0. The molecule has 0 aromatic heterocycles. The third-order valence-electron chi connectivity index (χ3n) is 2.41. The van der Waals surface area contributed by atoms with Gasteiger partial charge in [0.25, 0.3) is 0 Å². The van der Waals surface area contributed by atoms with Crippen molar-refractivity contribution in [2.24, 2.45) is 11.8 Å². The molecule has 12 heavy (non-hydrogen) atoms. The zero-order chi connectivity index (χ0) is 8.55. The minimum atomic E-state index is 0.138. The number of carbonyl (C=O) groups excluding carboxylic acids is 1. The maximum atomic E-state index is 11.3. The molecule has 0 amide bonds. The summed E-state index contributed by atoms with van der Waals surface area (Å²) < 4.78 is 5.37. The fraction of sp³-hybridized carbons (Fsp3) is 0.500. The first kappa shape index (κ1) is 7.59. The lowest BCUT2D eigenvalue weighted by Gasteiger charge is -2.19. The van der Waals surface area contributed by atoms with E-state index in [1.807, 2.05) is 13.0 Å². The van der Waals surface area contributed by atoms with Crippen molar-refractivity contribution in [3.63, 3.8) is 0 Å². The van der Waals surface area contributed by atoms with Gasteiger partial charge in [0.2, 0.25) is 0 Å². The molecule has 2 aliphatic rings. The maximum Gasteiger partial charge on any atom is 0.165 e. The van der Waals surface area contributed by atoms with Crippen molar-refractivity contribution in [2.45, 2.75) is 13.3 Å². The topological polar surface area (TPSA) is 26.3 Å². The van der Waals surface area contributed by atoms with Gasteiger partial charge in [0, 0.05) is 17.9 Å². The third kappa shape index (κ3) is 1.07. The van der Waals surface area contributed by atoms with Crippen LogP contribution in [0.15, 0.2) is 24.0 Å². The van der Waals surface area contributed by atoms with Crippen LogP contribution in [0.4, 0.5) is 0 Å². The molecule has 2 rings (SSSR count). The van der Waals surface area contributed by atoms with Crippen LogP contribution >= 0.6 is 0 Å². The zero-order valence-corrected chi connectivity index (χ0v) is 7.12. The van der Waals surface area contributed by atoms with Crippen LogP contribution in [0.3, 0.4) is 0 Å². The van der Waals surface area contributed by atoms with Crippen LogP contribution in [0.5, 0.6) is 0 Å². The van der Waals surface area contributed by atoms with E-state index in [2.05, 4.69) is 6.08 Å². The van der Waals surface area contributed by atoms with Crippen LogP contribution < -0.4 is 0 Å². The van der Waals surface area contributed by atoms with Crippen molar-refractivity contribution in [2.75, 3.05) is 6.61 Å². The number of fused-ring (bicyclic) bond motifs is 2. The molecule has 0 aliphatic heterocycles. The minimum absolute atomic E-state index is 0.138. The summed E-state index contributed by atoms with van der Waals surface area (Å²) in [5.74, 6) is 1.56. The predicted molar refractivity (Wildman–Crippen MR) is 45.5 cm³/mol. The highest BCUT2D eigenvalue weighted by molar-refractivity contribution is 5.95. The maximum absolute atomic E-state index is 11.3. The summed E-state index contributed by atoms with van der Waals surface area (Å²) in [7, 11) is 0. The van der Waals surface area contributed by atoms with E-state index in [0.717, 1.165) is 12.2 Å². The average molecular weight is 164 g/mol. The molecule has 0 fully saturated rings. The Labute approximate surface area is 71.9 Å². The second-order valence-electron chi connectivity index (χ2n) is 3.22. The molecule has 0 spiro atoms. The van der Waals surface area contributed by atoms with Crippen molar-refractivity contribution >= 4 is 5.78 Å². The van der Waals surface area contributed by atoms with Gasteiger partial charge in [-0.3, -0.25) is 4.79 Å². The molecule has 64 valence electrons. The molecule has 2 aliphatic carbocycles. The summed E-state index contributed by atoms with van der Waals surface area (Å²) in [5.41, 5.74) is 0. The number of ketones is 1. The van der Waals surface area contributed by atoms with Gasteiger partial charge in [0.15, 0.2) is 5.78 Å². The zero-order valence-electron chi connectivity index (χ0n) is 7.12. The van der Waals surface area contributed by atoms with Gasteiger partial charge in [-0.25, -0.2) is 0 Å². The SMILES string of the molecule is CCOC1=CC(=O)C2C=CC1C2. The third-order valence-corrected chi connectivity index (χ3v) is 2.41. The second kappa shape index (κ2) is 2.77. The Morgan fingerprint density at radius 1 is 1.50 bits per heavy atom. The molecule has 2 nitrogen and oxygen atoms in total. The molecule has 2 atom stereocenters. The summed E-state index contributed by atoms with van der Waals surface area (Å²) in [6.07, 6.45) is 6.65. The monoisotopic (exact) mass is 164 g/mol. The van der Waals surface area contributed by atoms with Gasteiger partial charge in [-0.1, -0.05) is 12.2 Å². The van der Waals surface area contributed by atoms with Gasteiger partial charge in [-0.15, -0.1) is 0 Å². The van der Waals surface area contributed by atoms with Gasteiger partial charge < -0.3 is 4.74 Å². The van der Waals surface area contributed by atoms with Gasteiger partial charge in [-0.05, 0) is 13.3 Å². The lowest BCUT2D eigenvalue weighted by Crippen LogP contribution is -2.18. The molecule has 2 unspecified atom stereocenters. The van der Waals surface area contributed by atoms with E-state index in [1.54, 1.807) is 6.08 Å². The average Bonchev–Trinajstić information content (AvgIpc) is 2.46. The summed E-state index contributed by atoms with van der Waals surface area (Å²) in [6, 6.07) is 0. The molecule has 2 heteroatoms. The highest BCUT2D eigenvalue weighted by Crippen LogP contribution is 2.35. The van der Waals surface area contributed by atoms with Gasteiger partial charge in [-0.2, -0.15) is 0 Å². The van der Waals surface area contributed by atoms with Crippen LogP contribution in [-0.2, 0) is 9.53 Å². The van der Waals surface area contributed by atoms with Gasteiger partial charge in [0.05, 0.1) is 6.61 Å². The molecule has 0 radical (unpaired) electrons. The van der Waals surface area contributed by atoms with E-state index in [4.69, 9.17) is 4.74 Å². The molecular weight excluding hydrogens is 152 g/mol. The summed E-state index contributed by atoms with van der Waals surface area (Å²) in [6.45, 7) is 2.59. The van der Waals surface area contributed by atoms with Crippen molar-refractivity contribution in [1.29, 1.82) is 0 Å². The highest BCUT2D eigenvalue weighted by Gasteiger charge is 2.32. The van der Waals surface area contributed by atoms with Crippen LogP contribution in [0.2, 0.25) is 0 Å². The van der Waals surface area contributed by atoms with E-state index < -0.39 is 0 Å². The lowest BCUT2D eigenvalue weighted by molar-refractivity contribution is -0.117. The standard InChI is InChI=1S/C10H12O2/c1-2-12-10-6-9(11)7-3-4-8(10)5-7/h3-4,6-8H,2,5H2,1H3. The molecule has 0 aromatic rings. The second-order valence-corrected chi connectivity index (χ2v) is 3.22. The smallest absolute Gasteiger partial charge is 0.165 e. The van der Waals surface area contributed by atoms with Crippen LogP contribution in [-0.4, -0.2) is 12.4 Å². The molecule has 0 heterocycles. The van der Waals surface area contributed by atoms with E-state index >= 15 is 0 Å². The number of carbonyl (C=O) groups is 1. The number of hydrogen-bond donors (Lipinski definition) is 0. The first-order valence-corrected chi connectivity index (χ1v) is 4.38. The molecule has 0 N–H and O–H groups in total. The van der Waals surface area contributed by atoms with Crippen molar-refractivity contribution in [1.82, 2.24) is 0 Å². The predicted octanol–water partition coefficient (Wildman–Crippen LogP) is 1.68. The van der Waals surface area contributed by atoms with E-state index in [-0.39, 0.29) is 11.7 Å². The van der Waals surface area contributed by atoms with Crippen molar-refractivity contribution < 1.29 is 9.53 Å². The fourth-order valence-corrected chi connectivity index (χ4v) is 1.79. The normalized spacial score (nSPS) is 32.1. The van der Waals surface area contributed by atoms with E-state index in [1.165, 1.54) is 0 Å². The molecule has 0 saturated carbocycles. The largest absolute Gasteiger partial charge is 0.497 e. The van der Waals surface area contributed by atoms with Gasteiger partial charge >= 0.3 is 0 Å². The summed E-state index contributed by atoms with van der Waals surface area (Å²) >= 11 is 0. The highest BCUT2D eigenvalue weighted by atomic mass is 16.5. The summed E-state index contributed by atoms with van der Waals surface area (Å²) in [4.78, 5) is 11.3. The first-order chi connectivity index (χ1) is 5.81. The quantitative estimate of drug-likeness (QED) is 0.580. The van der Waals surface area contributed by atoms with E-state index in [0.29, 0.717) is 12.5 Å². The Bertz CT molecular complexity index is 263. The Kier molecular flexibility index (Phi) is 1.75. The number of rotatable bonds is 2. The Morgan fingerprint density at radius 3 is 3.00 bits per heavy atom. The Morgan fingerprint density at radius 2 is 2.25 bits per heavy atom. The van der Waals surface area contributed by atoms with Crippen molar-refractivity contribution in [3.8, 4) is 0 Å². The fourth-order valence-electron chi connectivity index (χ4n) is 1.79. The Hall–Kier alpha value is -1.05. The molecule has 2 bridgehead atoms. The molecular formula is C10H12O2. The number of hydrogen-bond acceptors (Lipinski definition) is 2. The van der Waals surface area contributed by atoms with Crippen molar-refractivity contribution in [3.05, 3.63) is 24.0 Å². The first-order valence-electron chi connectivity index (χ1n) is 4.38. The molecule has 0 aromatic carbocycles. The lowest BCUT2D eigenvalue weighted by atomic mass is 9.91. The van der Waals surface area contributed by atoms with E-state index in [9.17, 15) is 4.79 Å². The van der Waals surface area contributed by atoms with Gasteiger partial charge in [0.1, 0.15) is 5.76 Å². The minimum Gasteiger partial charge on any atom is -0.497 e. The van der Waals surface area contributed by atoms with Crippen LogP contribution in [0, 0.1) is 11.8 Å². The van der Waals surface area contributed by atoms with Crippen LogP contribution in [0.25, 0.3) is 0 Å². The number of allylic oxidation sites excluding steroid dienone is 3. The molecule has 0 saturated heterocycles.